The molecule has 0 amide bonds. The van der Waals surface area contributed by atoms with Crippen LogP contribution in [0, 0.1) is 0 Å². The highest BCUT2D eigenvalue weighted by Gasteiger charge is 1.93. The molecule has 0 aliphatic carbocycles. The summed E-state index contributed by atoms with van der Waals surface area (Å²) in [5, 5.41) is 17.8. The van der Waals surface area contributed by atoms with Crippen LogP contribution < -0.4 is 16.0 Å². The molecule has 5 heteroatoms. The highest BCUT2D eigenvalue weighted by Crippen LogP contribution is 1.73. The molecule has 0 aromatic heterocycles. The van der Waals surface area contributed by atoms with Gasteiger partial charge >= 0.3 is 5.97 Å². The molecular formula is C10H23N3O2. The minimum Gasteiger partial charge on any atom is -0.480 e. The number of nitrogens with one attached hydrogen (secondary N) is 3. The number of hydrogen-bond donors (Lipinski definition) is 4. The third kappa shape index (κ3) is 13.3. The first-order valence-corrected chi connectivity index (χ1v) is 5.61. The van der Waals surface area contributed by atoms with Gasteiger partial charge in [-0.1, -0.05) is 6.92 Å². The quantitative estimate of drug-likeness (QED) is 0.356. The number of hydrogen-bond acceptors (Lipinski definition) is 4. The number of aliphatic carboxylic acids is 1. The zero-order chi connectivity index (χ0) is 11.4. The predicted octanol–water partition coefficient (Wildman–Crippen LogP) is -0.360. The SMILES string of the molecule is CCCNCCNCCCNCC(=O)O. The molecule has 90 valence electrons. The van der Waals surface area contributed by atoms with Gasteiger partial charge in [-0.2, -0.15) is 0 Å². The lowest BCUT2D eigenvalue weighted by molar-refractivity contribution is -0.135. The Hall–Kier alpha value is -0.650. The fraction of sp³-hybridized carbons (Fsp3) is 0.900. The van der Waals surface area contributed by atoms with Crippen LogP contribution in [0.25, 0.3) is 0 Å². The van der Waals surface area contributed by atoms with Crippen molar-refractivity contribution in [2.24, 2.45) is 0 Å². The fourth-order valence-corrected chi connectivity index (χ4v) is 1.14. The van der Waals surface area contributed by atoms with Crippen molar-refractivity contribution in [1.82, 2.24) is 16.0 Å². The molecule has 0 aliphatic rings. The van der Waals surface area contributed by atoms with E-state index in [1.807, 2.05) is 0 Å². The maximum absolute atomic E-state index is 10.1. The summed E-state index contributed by atoms with van der Waals surface area (Å²) in [5.74, 6) is -0.799. The Morgan fingerprint density at radius 3 is 2.20 bits per heavy atom. The van der Waals surface area contributed by atoms with Crippen molar-refractivity contribution in [3.05, 3.63) is 0 Å². The standard InChI is InChI=1S/C10H23N3O2/c1-2-4-11-7-8-12-5-3-6-13-9-10(14)15/h11-13H,2-9H2,1H3,(H,14,15). The van der Waals surface area contributed by atoms with Gasteiger partial charge in [0.25, 0.3) is 0 Å². The lowest BCUT2D eigenvalue weighted by atomic mass is 10.4. The third-order valence-corrected chi connectivity index (χ3v) is 1.89. The van der Waals surface area contributed by atoms with E-state index in [0.717, 1.165) is 39.1 Å². The molecule has 0 spiro atoms. The van der Waals surface area contributed by atoms with Gasteiger partial charge in [-0.25, -0.2) is 0 Å². The van der Waals surface area contributed by atoms with E-state index >= 15 is 0 Å². The van der Waals surface area contributed by atoms with Crippen LogP contribution in [0.15, 0.2) is 0 Å². The van der Waals surface area contributed by atoms with Gasteiger partial charge in [0.2, 0.25) is 0 Å². The molecule has 0 saturated carbocycles. The van der Waals surface area contributed by atoms with Crippen LogP contribution in [0.2, 0.25) is 0 Å². The van der Waals surface area contributed by atoms with Crippen molar-refractivity contribution >= 4 is 5.97 Å². The first-order chi connectivity index (χ1) is 7.27. The molecular weight excluding hydrogens is 194 g/mol. The molecule has 0 unspecified atom stereocenters. The maximum atomic E-state index is 10.1. The van der Waals surface area contributed by atoms with Gasteiger partial charge in [0.15, 0.2) is 0 Å². The van der Waals surface area contributed by atoms with E-state index < -0.39 is 5.97 Å². The summed E-state index contributed by atoms with van der Waals surface area (Å²) in [4.78, 5) is 10.1. The average Bonchev–Trinajstić information content (AvgIpc) is 2.20. The molecule has 5 nitrogen and oxygen atoms in total. The molecule has 0 bridgehead atoms. The molecule has 0 radical (unpaired) electrons. The highest BCUT2D eigenvalue weighted by molar-refractivity contribution is 5.68. The monoisotopic (exact) mass is 217 g/mol. The van der Waals surface area contributed by atoms with Gasteiger partial charge < -0.3 is 21.1 Å². The van der Waals surface area contributed by atoms with Crippen molar-refractivity contribution in [1.29, 1.82) is 0 Å². The second-order valence-electron chi connectivity index (χ2n) is 3.42. The van der Waals surface area contributed by atoms with Gasteiger partial charge in [-0.15, -0.1) is 0 Å². The van der Waals surface area contributed by atoms with Crippen LogP contribution in [-0.4, -0.2) is 50.3 Å². The minimum atomic E-state index is -0.799. The van der Waals surface area contributed by atoms with E-state index in [2.05, 4.69) is 22.9 Å². The topological polar surface area (TPSA) is 73.4 Å². The van der Waals surface area contributed by atoms with Crippen molar-refractivity contribution in [2.75, 3.05) is 39.3 Å². The minimum absolute atomic E-state index is 0.0536. The molecule has 0 fully saturated rings. The summed E-state index contributed by atoms with van der Waals surface area (Å²) >= 11 is 0. The van der Waals surface area contributed by atoms with Gasteiger partial charge in [-0.3, -0.25) is 4.79 Å². The van der Waals surface area contributed by atoms with Crippen molar-refractivity contribution < 1.29 is 9.90 Å². The van der Waals surface area contributed by atoms with E-state index in [1.54, 1.807) is 0 Å². The number of carboxylic acid groups (broad SMARTS) is 1. The maximum Gasteiger partial charge on any atom is 0.317 e. The number of carboxylic acids is 1. The van der Waals surface area contributed by atoms with Crippen molar-refractivity contribution in [3.63, 3.8) is 0 Å². The molecule has 0 atom stereocenters. The average molecular weight is 217 g/mol. The van der Waals surface area contributed by atoms with Crippen molar-refractivity contribution in [2.45, 2.75) is 19.8 Å². The summed E-state index contributed by atoms with van der Waals surface area (Å²) in [5.41, 5.74) is 0. The first-order valence-electron chi connectivity index (χ1n) is 5.61. The fourth-order valence-electron chi connectivity index (χ4n) is 1.14. The zero-order valence-corrected chi connectivity index (χ0v) is 9.51. The van der Waals surface area contributed by atoms with Crippen LogP contribution in [0.4, 0.5) is 0 Å². The zero-order valence-electron chi connectivity index (χ0n) is 9.51. The Labute approximate surface area is 91.6 Å². The van der Waals surface area contributed by atoms with Crippen LogP contribution in [0.5, 0.6) is 0 Å². The Morgan fingerprint density at radius 1 is 1.00 bits per heavy atom. The van der Waals surface area contributed by atoms with Crippen LogP contribution in [-0.2, 0) is 4.79 Å². The molecule has 0 aliphatic heterocycles. The van der Waals surface area contributed by atoms with Crippen LogP contribution in [0.1, 0.15) is 19.8 Å². The predicted molar refractivity (Wildman–Crippen MR) is 61.2 cm³/mol. The lowest BCUT2D eigenvalue weighted by Crippen LogP contribution is -2.30. The van der Waals surface area contributed by atoms with E-state index in [4.69, 9.17) is 5.11 Å². The molecule has 0 saturated heterocycles. The molecule has 0 rings (SSSR count). The molecule has 0 heterocycles. The first kappa shape index (κ1) is 14.3. The van der Waals surface area contributed by atoms with E-state index in [9.17, 15) is 4.79 Å². The Bertz CT molecular complexity index is 154. The van der Waals surface area contributed by atoms with Crippen LogP contribution in [0.3, 0.4) is 0 Å². The number of rotatable bonds is 11. The van der Waals surface area contributed by atoms with E-state index in [-0.39, 0.29) is 6.54 Å². The molecule has 0 aromatic carbocycles. The smallest absolute Gasteiger partial charge is 0.317 e. The van der Waals surface area contributed by atoms with Gasteiger partial charge in [0.1, 0.15) is 0 Å². The van der Waals surface area contributed by atoms with Crippen molar-refractivity contribution in [3.8, 4) is 0 Å². The van der Waals surface area contributed by atoms with Gasteiger partial charge in [0, 0.05) is 13.1 Å². The Morgan fingerprint density at radius 2 is 1.60 bits per heavy atom. The highest BCUT2D eigenvalue weighted by atomic mass is 16.4. The summed E-state index contributed by atoms with van der Waals surface area (Å²) in [6.45, 7) is 6.92. The second-order valence-corrected chi connectivity index (χ2v) is 3.42. The summed E-state index contributed by atoms with van der Waals surface area (Å²) in [6.07, 6.45) is 2.13. The lowest BCUT2D eigenvalue weighted by Gasteiger charge is -2.05. The molecule has 0 aromatic rings. The molecule has 4 N–H and O–H groups in total. The number of carbonyl (C=O) groups is 1. The van der Waals surface area contributed by atoms with E-state index in [1.165, 1.54) is 6.42 Å². The molecule has 15 heavy (non-hydrogen) atoms. The van der Waals surface area contributed by atoms with E-state index in [0.29, 0.717) is 0 Å². The third-order valence-electron chi connectivity index (χ3n) is 1.89. The summed E-state index contributed by atoms with van der Waals surface area (Å²) in [6, 6.07) is 0. The normalized spacial score (nSPS) is 10.5. The summed E-state index contributed by atoms with van der Waals surface area (Å²) in [7, 11) is 0. The van der Waals surface area contributed by atoms with Crippen LogP contribution >= 0.6 is 0 Å². The largest absolute Gasteiger partial charge is 0.480 e. The van der Waals surface area contributed by atoms with Gasteiger partial charge in [0.05, 0.1) is 6.54 Å². The Balaban J connectivity index is 2.89. The second kappa shape index (κ2) is 11.4. The summed E-state index contributed by atoms with van der Waals surface area (Å²) < 4.78 is 0. The Kier molecular flexibility index (Phi) is 10.9. The van der Waals surface area contributed by atoms with Gasteiger partial charge in [-0.05, 0) is 32.5 Å².